The maximum atomic E-state index is 6.34. The van der Waals surface area contributed by atoms with E-state index in [1.807, 2.05) is 59.3 Å². The van der Waals surface area contributed by atoms with Gasteiger partial charge in [-0.15, -0.1) is 5.10 Å². The van der Waals surface area contributed by atoms with Crippen molar-refractivity contribution in [3.63, 3.8) is 0 Å². The maximum Gasteiger partial charge on any atom is 0.118 e. The normalized spacial score (nSPS) is 16.2. The molecule has 4 heteroatoms. The molecule has 3 aromatic rings. The molecule has 4 rings (SSSR count). The number of aromatic nitrogens is 3. The standard InChI is InChI=1S/C15H12N4/c16-13-11-8-4-5-9-12(11)19-15(13)14(17-18-19)10-6-2-1-3-7-10/h1-9,13H,16H2. The quantitative estimate of drug-likeness (QED) is 0.719. The highest BCUT2D eigenvalue weighted by Crippen LogP contribution is 2.38. The second-order valence-electron chi connectivity index (χ2n) is 4.64. The van der Waals surface area contributed by atoms with Crippen LogP contribution in [0.3, 0.4) is 0 Å². The van der Waals surface area contributed by atoms with Crippen LogP contribution in [0.1, 0.15) is 17.3 Å². The summed E-state index contributed by atoms with van der Waals surface area (Å²) < 4.78 is 1.85. The lowest BCUT2D eigenvalue weighted by Gasteiger charge is -2.05. The van der Waals surface area contributed by atoms with Crippen molar-refractivity contribution in [2.45, 2.75) is 6.04 Å². The highest BCUT2D eigenvalue weighted by Gasteiger charge is 2.31. The van der Waals surface area contributed by atoms with E-state index in [0.717, 1.165) is 28.2 Å². The molecule has 1 atom stereocenters. The second kappa shape index (κ2) is 3.76. The van der Waals surface area contributed by atoms with Crippen LogP contribution in [-0.4, -0.2) is 15.0 Å². The first-order chi connectivity index (χ1) is 9.36. The van der Waals surface area contributed by atoms with E-state index in [4.69, 9.17) is 5.73 Å². The summed E-state index contributed by atoms with van der Waals surface area (Å²) in [6.07, 6.45) is 0. The Morgan fingerprint density at radius 3 is 2.53 bits per heavy atom. The Labute approximate surface area is 110 Å². The molecule has 2 aromatic carbocycles. The summed E-state index contributed by atoms with van der Waals surface area (Å²) in [5, 5.41) is 8.54. The van der Waals surface area contributed by atoms with Crippen LogP contribution >= 0.6 is 0 Å². The molecule has 1 aliphatic heterocycles. The summed E-state index contributed by atoms with van der Waals surface area (Å²) in [4.78, 5) is 0. The average Bonchev–Trinajstić information content (AvgIpc) is 3.02. The van der Waals surface area contributed by atoms with Crippen molar-refractivity contribution >= 4 is 0 Å². The first kappa shape index (κ1) is 10.5. The van der Waals surface area contributed by atoms with Crippen LogP contribution in [0.2, 0.25) is 0 Å². The molecule has 0 saturated heterocycles. The van der Waals surface area contributed by atoms with E-state index in [0.29, 0.717) is 0 Å². The van der Waals surface area contributed by atoms with Gasteiger partial charge in [-0.05, 0) is 6.07 Å². The zero-order valence-corrected chi connectivity index (χ0v) is 10.2. The molecule has 1 aromatic heterocycles. The molecule has 0 spiro atoms. The molecule has 1 unspecified atom stereocenters. The van der Waals surface area contributed by atoms with Crippen molar-refractivity contribution in [2.75, 3.05) is 0 Å². The van der Waals surface area contributed by atoms with Gasteiger partial charge >= 0.3 is 0 Å². The molecule has 0 fully saturated rings. The molecule has 0 radical (unpaired) electrons. The van der Waals surface area contributed by atoms with Gasteiger partial charge < -0.3 is 5.73 Å². The molecule has 0 saturated carbocycles. The highest BCUT2D eigenvalue weighted by atomic mass is 15.4. The Balaban J connectivity index is 1.96. The molecule has 0 bridgehead atoms. The number of hydrogen-bond donors (Lipinski definition) is 1. The van der Waals surface area contributed by atoms with Gasteiger partial charge in [0.15, 0.2) is 0 Å². The van der Waals surface area contributed by atoms with Crippen LogP contribution in [0, 0.1) is 0 Å². The lowest BCUT2D eigenvalue weighted by atomic mass is 10.0. The van der Waals surface area contributed by atoms with Crippen molar-refractivity contribution in [3.8, 4) is 16.9 Å². The topological polar surface area (TPSA) is 56.7 Å². The van der Waals surface area contributed by atoms with E-state index < -0.39 is 0 Å². The molecule has 0 aliphatic carbocycles. The van der Waals surface area contributed by atoms with E-state index in [-0.39, 0.29) is 6.04 Å². The van der Waals surface area contributed by atoms with Crippen molar-refractivity contribution in [2.24, 2.45) is 5.73 Å². The summed E-state index contributed by atoms with van der Waals surface area (Å²) in [6, 6.07) is 17.9. The predicted molar refractivity (Wildman–Crippen MR) is 72.8 cm³/mol. The molecule has 19 heavy (non-hydrogen) atoms. The van der Waals surface area contributed by atoms with Crippen LogP contribution in [0.4, 0.5) is 0 Å². The molecular weight excluding hydrogens is 236 g/mol. The van der Waals surface area contributed by atoms with Gasteiger partial charge in [-0.1, -0.05) is 53.7 Å². The number of nitrogens with zero attached hydrogens (tertiary/aromatic N) is 3. The Hall–Kier alpha value is -2.46. The number of rotatable bonds is 1. The zero-order valence-electron chi connectivity index (χ0n) is 10.2. The summed E-state index contributed by atoms with van der Waals surface area (Å²) in [6.45, 7) is 0. The Morgan fingerprint density at radius 1 is 0.947 bits per heavy atom. The lowest BCUT2D eigenvalue weighted by molar-refractivity contribution is 0.779. The van der Waals surface area contributed by atoms with E-state index >= 15 is 0 Å². The number of hydrogen-bond acceptors (Lipinski definition) is 3. The zero-order chi connectivity index (χ0) is 12.8. The molecule has 4 nitrogen and oxygen atoms in total. The largest absolute Gasteiger partial charge is 0.319 e. The average molecular weight is 248 g/mol. The minimum Gasteiger partial charge on any atom is -0.319 e. The summed E-state index contributed by atoms with van der Waals surface area (Å²) in [5.74, 6) is 0. The van der Waals surface area contributed by atoms with Gasteiger partial charge in [-0.2, -0.15) is 0 Å². The number of benzene rings is 2. The van der Waals surface area contributed by atoms with Gasteiger partial charge in [0.2, 0.25) is 0 Å². The van der Waals surface area contributed by atoms with Crippen molar-refractivity contribution in [1.82, 2.24) is 15.0 Å². The van der Waals surface area contributed by atoms with E-state index in [2.05, 4.69) is 10.3 Å². The van der Waals surface area contributed by atoms with E-state index in [9.17, 15) is 0 Å². The monoisotopic (exact) mass is 248 g/mol. The van der Waals surface area contributed by atoms with Crippen molar-refractivity contribution in [1.29, 1.82) is 0 Å². The van der Waals surface area contributed by atoms with Gasteiger partial charge in [-0.3, -0.25) is 0 Å². The molecular formula is C15H12N4. The van der Waals surface area contributed by atoms with Gasteiger partial charge in [0.1, 0.15) is 5.69 Å². The van der Waals surface area contributed by atoms with Gasteiger partial charge in [0.05, 0.1) is 17.4 Å². The third-order valence-corrected chi connectivity index (χ3v) is 3.55. The minimum absolute atomic E-state index is 0.165. The van der Waals surface area contributed by atoms with Gasteiger partial charge in [0, 0.05) is 11.1 Å². The summed E-state index contributed by atoms with van der Waals surface area (Å²) in [5.41, 5.74) is 11.3. The minimum atomic E-state index is -0.165. The molecule has 92 valence electrons. The Morgan fingerprint density at radius 2 is 1.68 bits per heavy atom. The van der Waals surface area contributed by atoms with Crippen LogP contribution in [0.15, 0.2) is 54.6 Å². The fourth-order valence-corrected chi connectivity index (χ4v) is 2.64. The third kappa shape index (κ3) is 1.37. The van der Waals surface area contributed by atoms with E-state index in [1.54, 1.807) is 0 Å². The van der Waals surface area contributed by atoms with Crippen LogP contribution in [0.25, 0.3) is 16.9 Å². The van der Waals surface area contributed by atoms with Crippen LogP contribution in [0.5, 0.6) is 0 Å². The summed E-state index contributed by atoms with van der Waals surface area (Å²) in [7, 11) is 0. The van der Waals surface area contributed by atoms with Gasteiger partial charge in [0.25, 0.3) is 0 Å². The molecule has 1 aliphatic rings. The van der Waals surface area contributed by atoms with E-state index in [1.165, 1.54) is 0 Å². The Kier molecular flexibility index (Phi) is 2.07. The van der Waals surface area contributed by atoms with Crippen LogP contribution in [-0.2, 0) is 0 Å². The fraction of sp³-hybridized carbons (Fsp3) is 0.0667. The Bertz CT molecular complexity index is 746. The molecule has 2 N–H and O–H groups in total. The van der Waals surface area contributed by atoms with Crippen molar-refractivity contribution in [3.05, 3.63) is 65.9 Å². The number of fused-ring (bicyclic) bond motifs is 3. The first-order valence-corrected chi connectivity index (χ1v) is 6.22. The van der Waals surface area contributed by atoms with Gasteiger partial charge in [-0.25, -0.2) is 4.68 Å². The molecule has 2 heterocycles. The highest BCUT2D eigenvalue weighted by molar-refractivity contribution is 5.67. The first-order valence-electron chi connectivity index (χ1n) is 6.22. The smallest absolute Gasteiger partial charge is 0.118 e. The van der Waals surface area contributed by atoms with Crippen molar-refractivity contribution < 1.29 is 0 Å². The number of nitrogens with two attached hydrogens (primary N) is 1. The fourth-order valence-electron chi connectivity index (χ4n) is 2.64. The predicted octanol–water partition coefficient (Wildman–Crippen LogP) is 2.30. The summed E-state index contributed by atoms with van der Waals surface area (Å²) >= 11 is 0. The lowest BCUT2D eigenvalue weighted by Crippen LogP contribution is -2.09. The molecule has 0 amide bonds. The third-order valence-electron chi connectivity index (χ3n) is 3.55. The maximum absolute atomic E-state index is 6.34. The second-order valence-corrected chi connectivity index (χ2v) is 4.64. The van der Waals surface area contributed by atoms with Crippen LogP contribution < -0.4 is 5.73 Å². The number of para-hydroxylation sites is 1. The SMILES string of the molecule is NC1c2ccccc2-n2nnc(-c3ccccc3)c21.